The molecule has 0 saturated carbocycles. The van der Waals surface area contributed by atoms with E-state index < -0.39 is 30.0 Å². The Kier molecular flexibility index (Phi) is 4.86. The third-order valence-corrected chi connectivity index (χ3v) is 2.36. The number of carbonyl (C=O) groups excluding carboxylic acids is 2. The molecule has 104 valence electrons. The van der Waals surface area contributed by atoms with Crippen molar-refractivity contribution < 1.29 is 19.5 Å². The monoisotopic (exact) mass is 269 g/mol. The maximum atomic E-state index is 11.5. The van der Waals surface area contributed by atoms with E-state index in [1.165, 1.54) is 19.4 Å². The number of carbonyl (C=O) groups is 3. The van der Waals surface area contributed by atoms with Gasteiger partial charge in [-0.3, -0.25) is 4.79 Å². The number of imidazole rings is 1. The average molecular weight is 269 g/mol. The number of H-pyrrole nitrogens is 1. The van der Waals surface area contributed by atoms with E-state index in [-0.39, 0.29) is 6.42 Å². The summed E-state index contributed by atoms with van der Waals surface area (Å²) in [6.07, 6.45) is 2.92. The van der Waals surface area contributed by atoms with Crippen molar-refractivity contribution in [2.75, 3.05) is 0 Å². The summed E-state index contributed by atoms with van der Waals surface area (Å²) in [5.74, 6) is -1.91. The minimum Gasteiger partial charge on any atom is -0.480 e. The van der Waals surface area contributed by atoms with Crippen LogP contribution in [0.1, 0.15) is 12.6 Å². The zero-order valence-corrected chi connectivity index (χ0v) is 10.2. The summed E-state index contributed by atoms with van der Waals surface area (Å²) in [6.45, 7) is 1.40. The number of carboxylic acid groups (broad SMARTS) is 1. The van der Waals surface area contributed by atoms with Crippen molar-refractivity contribution in [3.05, 3.63) is 18.2 Å². The molecule has 0 aliphatic heterocycles. The second-order valence-electron chi connectivity index (χ2n) is 3.91. The first-order valence-corrected chi connectivity index (χ1v) is 5.46. The van der Waals surface area contributed by atoms with Gasteiger partial charge in [0, 0.05) is 18.3 Å². The lowest BCUT2D eigenvalue weighted by Gasteiger charge is -2.16. The number of hydrogen-bond acceptors (Lipinski definition) is 4. The number of nitrogens with two attached hydrogens (primary N) is 1. The fourth-order valence-corrected chi connectivity index (χ4v) is 1.28. The van der Waals surface area contributed by atoms with Crippen LogP contribution in [0.2, 0.25) is 0 Å². The van der Waals surface area contributed by atoms with E-state index in [0.717, 1.165) is 0 Å². The highest BCUT2D eigenvalue weighted by molar-refractivity contribution is 5.87. The number of rotatable bonds is 6. The first kappa shape index (κ1) is 14.5. The number of nitrogens with one attached hydrogen (secondary N) is 3. The van der Waals surface area contributed by atoms with Crippen LogP contribution in [0.5, 0.6) is 0 Å². The summed E-state index contributed by atoms with van der Waals surface area (Å²) >= 11 is 0. The molecule has 2 unspecified atom stereocenters. The minimum absolute atomic E-state index is 0.0493. The summed E-state index contributed by atoms with van der Waals surface area (Å²) < 4.78 is 0. The molecule has 1 aromatic heterocycles. The molecule has 0 fully saturated rings. The quantitative estimate of drug-likeness (QED) is 0.429. The standard InChI is InChI=1S/C10H15N5O4/c1-5(8(11)16)14-10(19)15-7(9(17)18)2-6-3-12-4-13-6/h3-5,7H,2H2,1H3,(H2,11,16)(H,12,13)(H,17,18)(H2,14,15,19). The number of amides is 3. The van der Waals surface area contributed by atoms with Crippen molar-refractivity contribution >= 4 is 17.9 Å². The minimum atomic E-state index is -1.20. The number of hydrogen-bond donors (Lipinski definition) is 5. The molecule has 9 nitrogen and oxygen atoms in total. The van der Waals surface area contributed by atoms with Crippen LogP contribution in [0.4, 0.5) is 4.79 Å². The van der Waals surface area contributed by atoms with Gasteiger partial charge < -0.3 is 26.5 Å². The predicted octanol–water partition coefficient (Wildman–Crippen LogP) is -1.42. The number of nitrogens with zero attached hydrogens (tertiary/aromatic N) is 1. The number of aromatic amines is 1. The highest BCUT2D eigenvalue weighted by Gasteiger charge is 2.22. The first-order chi connectivity index (χ1) is 8.90. The Bertz CT molecular complexity index is 458. The zero-order chi connectivity index (χ0) is 14.4. The molecule has 1 heterocycles. The first-order valence-electron chi connectivity index (χ1n) is 5.46. The molecular weight excluding hydrogens is 254 g/mol. The normalized spacial score (nSPS) is 13.3. The van der Waals surface area contributed by atoms with Crippen molar-refractivity contribution in [1.82, 2.24) is 20.6 Å². The number of urea groups is 1. The van der Waals surface area contributed by atoms with Gasteiger partial charge in [0.05, 0.1) is 6.33 Å². The molecule has 0 aliphatic rings. The molecule has 0 spiro atoms. The lowest BCUT2D eigenvalue weighted by molar-refractivity contribution is -0.139. The molecule has 2 atom stereocenters. The Morgan fingerprint density at radius 3 is 2.63 bits per heavy atom. The van der Waals surface area contributed by atoms with Crippen molar-refractivity contribution in [2.45, 2.75) is 25.4 Å². The number of aliphatic carboxylic acids is 1. The van der Waals surface area contributed by atoms with Gasteiger partial charge in [0.15, 0.2) is 0 Å². The van der Waals surface area contributed by atoms with Gasteiger partial charge >= 0.3 is 12.0 Å². The van der Waals surface area contributed by atoms with Gasteiger partial charge in [-0.05, 0) is 6.92 Å². The third kappa shape index (κ3) is 4.66. The van der Waals surface area contributed by atoms with E-state index in [9.17, 15) is 14.4 Å². The van der Waals surface area contributed by atoms with Crippen molar-refractivity contribution in [3.63, 3.8) is 0 Å². The van der Waals surface area contributed by atoms with Gasteiger partial charge in [0.25, 0.3) is 0 Å². The fourth-order valence-electron chi connectivity index (χ4n) is 1.28. The second-order valence-corrected chi connectivity index (χ2v) is 3.91. The van der Waals surface area contributed by atoms with Crippen LogP contribution in [0.15, 0.2) is 12.5 Å². The van der Waals surface area contributed by atoms with Crippen molar-refractivity contribution in [3.8, 4) is 0 Å². The molecule has 0 aliphatic carbocycles. The third-order valence-electron chi connectivity index (χ3n) is 2.36. The summed E-state index contributed by atoms with van der Waals surface area (Å²) in [4.78, 5) is 39.7. The van der Waals surface area contributed by atoms with Gasteiger partial charge in [-0.2, -0.15) is 0 Å². The molecule has 1 aromatic rings. The Hall–Kier alpha value is -2.58. The Balaban J connectivity index is 2.56. The zero-order valence-electron chi connectivity index (χ0n) is 10.2. The van der Waals surface area contributed by atoms with Gasteiger partial charge in [-0.25, -0.2) is 14.6 Å². The number of carboxylic acids is 1. The molecule has 0 saturated heterocycles. The molecule has 9 heteroatoms. The van der Waals surface area contributed by atoms with Crippen LogP contribution < -0.4 is 16.4 Å². The van der Waals surface area contributed by atoms with Gasteiger partial charge in [-0.15, -0.1) is 0 Å². The molecular formula is C10H15N5O4. The van der Waals surface area contributed by atoms with E-state index in [0.29, 0.717) is 5.69 Å². The summed E-state index contributed by atoms with van der Waals surface area (Å²) in [5, 5.41) is 13.5. The Labute approximate surface area is 108 Å². The smallest absolute Gasteiger partial charge is 0.326 e. The van der Waals surface area contributed by atoms with Crippen LogP contribution in [0.3, 0.4) is 0 Å². The van der Waals surface area contributed by atoms with E-state index in [2.05, 4.69) is 20.6 Å². The van der Waals surface area contributed by atoms with E-state index in [1.807, 2.05) is 0 Å². The van der Waals surface area contributed by atoms with Gasteiger partial charge in [0.2, 0.25) is 5.91 Å². The van der Waals surface area contributed by atoms with Crippen LogP contribution in [0.25, 0.3) is 0 Å². The van der Waals surface area contributed by atoms with E-state index in [4.69, 9.17) is 10.8 Å². The molecule has 0 radical (unpaired) electrons. The average Bonchev–Trinajstić information content (AvgIpc) is 2.80. The SMILES string of the molecule is CC(NC(=O)NC(Cc1cnc[nH]1)C(=O)O)C(N)=O. The maximum absolute atomic E-state index is 11.5. The summed E-state index contributed by atoms with van der Waals surface area (Å²) in [5.41, 5.74) is 5.54. The largest absolute Gasteiger partial charge is 0.480 e. The molecule has 0 aromatic carbocycles. The fraction of sp³-hybridized carbons (Fsp3) is 0.400. The van der Waals surface area contributed by atoms with Crippen molar-refractivity contribution in [2.24, 2.45) is 5.73 Å². The highest BCUT2D eigenvalue weighted by atomic mass is 16.4. The van der Waals surface area contributed by atoms with Crippen LogP contribution in [-0.4, -0.2) is 45.1 Å². The highest BCUT2D eigenvalue weighted by Crippen LogP contribution is 1.98. The van der Waals surface area contributed by atoms with Gasteiger partial charge in [0.1, 0.15) is 12.1 Å². The maximum Gasteiger partial charge on any atom is 0.326 e. The molecule has 19 heavy (non-hydrogen) atoms. The summed E-state index contributed by atoms with van der Waals surface area (Å²) in [7, 11) is 0. The lowest BCUT2D eigenvalue weighted by atomic mass is 10.1. The van der Waals surface area contributed by atoms with Gasteiger partial charge in [-0.1, -0.05) is 0 Å². The lowest BCUT2D eigenvalue weighted by Crippen LogP contribution is -2.52. The van der Waals surface area contributed by atoms with Crippen LogP contribution >= 0.6 is 0 Å². The number of aromatic nitrogens is 2. The Morgan fingerprint density at radius 2 is 2.16 bits per heavy atom. The second kappa shape index (κ2) is 6.38. The molecule has 3 amide bonds. The molecule has 6 N–H and O–H groups in total. The van der Waals surface area contributed by atoms with E-state index >= 15 is 0 Å². The summed E-state index contributed by atoms with van der Waals surface area (Å²) in [6, 6.07) is -2.81. The topological polar surface area (TPSA) is 150 Å². The Morgan fingerprint density at radius 1 is 1.47 bits per heavy atom. The van der Waals surface area contributed by atoms with Crippen molar-refractivity contribution in [1.29, 1.82) is 0 Å². The number of primary amides is 1. The van der Waals surface area contributed by atoms with E-state index in [1.54, 1.807) is 0 Å². The molecule has 0 bridgehead atoms. The molecule has 1 rings (SSSR count). The van der Waals surface area contributed by atoms with Crippen LogP contribution in [-0.2, 0) is 16.0 Å². The predicted molar refractivity (Wildman–Crippen MR) is 64.0 cm³/mol. The van der Waals surface area contributed by atoms with Crippen LogP contribution in [0, 0.1) is 0 Å².